The summed E-state index contributed by atoms with van der Waals surface area (Å²) in [6.45, 7) is 13.1. The number of carbonyl (C=O) groups excluding carboxylic acids is 1. The summed E-state index contributed by atoms with van der Waals surface area (Å²) in [6.07, 6.45) is 38.5. The van der Waals surface area contributed by atoms with Crippen LogP contribution < -0.4 is 5.32 Å². The number of ether oxygens (including phenoxy) is 1. The van der Waals surface area contributed by atoms with Crippen LogP contribution in [-0.2, 0) is 19.1 Å². The molecule has 0 aliphatic rings. The van der Waals surface area contributed by atoms with Gasteiger partial charge >= 0.3 is 11.9 Å². The van der Waals surface area contributed by atoms with E-state index in [2.05, 4.69) is 56.6 Å². The average Bonchev–Trinajstić information content (AvgIpc) is 3.20. The second-order valence-electron chi connectivity index (χ2n) is 16.9. The van der Waals surface area contributed by atoms with Gasteiger partial charge in [-0.15, -0.1) is 0 Å². The van der Waals surface area contributed by atoms with Crippen molar-refractivity contribution >= 4 is 17.8 Å². The number of hydrogen-bond donors (Lipinski definition) is 6. The van der Waals surface area contributed by atoms with Gasteiger partial charge in [0, 0.05) is 56.3 Å². The third kappa shape index (κ3) is 35.9. The van der Waals surface area contributed by atoms with Gasteiger partial charge in [-0.25, -0.2) is 0 Å². The first-order valence-electron chi connectivity index (χ1n) is 23.4. The number of aliphatic hydroxyl groups is 3. The molecule has 0 radical (unpaired) electrons. The maximum Gasteiger partial charge on any atom is 0.304 e. The summed E-state index contributed by atoms with van der Waals surface area (Å²) >= 11 is 0. The molecular formula is C50H86NO9U-. The van der Waals surface area contributed by atoms with Crippen LogP contribution in [0.3, 0.4) is 0 Å². The Bertz CT molecular complexity index is 1230. The molecule has 1 amide bonds. The van der Waals surface area contributed by atoms with E-state index in [-0.39, 0.29) is 86.6 Å². The molecule has 0 saturated carbocycles. The first-order valence-corrected chi connectivity index (χ1v) is 23.4. The van der Waals surface area contributed by atoms with Gasteiger partial charge in [0.25, 0.3) is 0 Å². The molecule has 0 aromatic heterocycles. The Hall–Kier alpha value is -2.16. The number of aliphatic hydroxyl groups excluding tert-OH is 2. The largest absolute Gasteiger partial charge is 0.513 e. The van der Waals surface area contributed by atoms with Crippen molar-refractivity contribution in [2.45, 2.75) is 200 Å². The number of hydrogen-bond acceptors (Lipinski definition) is 7. The number of nitrogens with one attached hydrogen (secondary N) is 1. The molecule has 0 saturated heterocycles. The fraction of sp³-hybridized carbons (Fsp3) is 0.740. The number of allylic oxidation sites excluding steroid dienone is 8. The van der Waals surface area contributed by atoms with E-state index in [0.29, 0.717) is 12.8 Å². The van der Waals surface area contributed by atoms with E-state index < -0.39 is 29.7 Å². The molecule has 5 unspecified atom stereocenters. The first kappa shape index (κ1) is 60.9. The Kier molecular flexibility index (Phi) is 40.6. The molecule has 61 heavy (non-hydrogen) atoms. The second-order valence-corrected chi connectivity index (χ2v) is 16.9. The molecule has 0 aromatic rings. The average molecular weight is 1080 g/mol. The number of carboxylic acids is 2. The van der Waals surface area contributed by atoms with Gasteiger partial charge in [0.15, 0.2) is 5.79 Å². The molecular weight excluding hydrogens is 997 g/mol. The van der Waals surface area contributed by atoms with Crippen molar-refractivity contribution in [3.63, 3.8) is 0 Å². The Morgan fingerprint density at radius 2 is 1.26 bits per heavy atom. The number of rotatable bonds is 42. The number of amides is 1. The van der Waals surface area contributed by atoms with E-state index in [0.717, 1.165) is 109 Å². The molecule has 0 spiro atoms. The van der Waals surface area contributed by atoms with Gasteiger partial charge in [0.2, 0.25) is 5.91 Å². The minimum Gasteiger partial charge on any atom is -0.513 e. The SMILES string of the molecule is C=[C-]C(CC(=O)O)C(/C=C/CCCCCCC(=O)NC(CO)CO[C@@](C)(O)CCCCCCC/C=C\C=C\C(CCCCC)C(CC(=O)O)C(=C)O)CCCCCCCC.[U]. The number of aliphatic carboxylic acids is 2. The zero-order valence-corrected chi connectivity index (χ0v) is 42.6. The minimum absolute atomic E-state index is 0. The van der Waals surface area contributed by atoms with Crippen LogP contribution in [-0.4, -0.2) is 68.4 Å². The normalized spacial score (nSPS) is 15.2. The van der Waals surface area contributed by atoms with Crippen molar-refractivity contribution in [1.82, 2.24) is 5.32 Å². The summed E-state index contributed by atoms with van der Waals surface area (Å²) in [4.78, 5) is 35.3. The second kappa shape index (κ2) is 40.6. The van der Waals surface area contributed by atoms with Gasteiger partial charge < -0.3 is 41.7 Å². The Labute approximate surface area is 394 Å². The van der Waals surface area contributed by atoms with Crippen molar-refractivity contribution in [2.24, 2.45) is 23.7 Å². The fourth-order valence-electron chi connectivity index (χ4n) is 7.51. The quantitative estimate of drug-likeness (QED) is 0.00868. The summed E-state index contributed by atoms with van der Waals surface area (Å²) in [6, 6.07) is -0.591. The molecule has 10 nitrogen and oxygen atoms in total. The Morgan fingerprint density at radius 1 is 0.721 bits per heavy atom. The maximum atomic E-state index is 12.6. The van der Waals surface area contributed by atoms with Gasteiger partial charge in [0.1, 0.15) is 0 Å². The number of unbranched alkanes of at least 4 members (excludes halogenated alkanes) is 16. The van der Waals surface area contributed by atoms with Gasteiger partial charge in [0.05, 0.1) is 31.4 Å². The van der Waals surface area contributed by atoms with Crippen molar-refractivity contribution < 1.29 is 75.8 Å². The zero-order valence-electron chi connectivity index (χ0n) is 38.4. The predicted molar refractivity (Wildman–Crippen MR) is 244 cm³/mol. The molecule has 0 fully saturated rings. The van der Waals surface area contributed by atoms with Crippen molar-refractivity contribution in [3.8, 4) is 0 Å². The van der Waals surface area contributed by atoms with Crippen LogP contribution in [0.2, 0.25) is 0 Å². The number of carbonyl (C=O) groups is 3. The summed E-state index contributed by atoms with van der Waals surface area (Å²) in [5.74, 6) is -3.94. The van der Waals surface area contributed by atoms with E-state index >= 15 is 0 Å². The fourth-order valence-corrected chi connectivity index (χ4v) is 7.51. The van der Waals surface area contributed by atoms with Crippen LogP contribution in [0.25, 0.3) is 0 Å². The summed E-state index contributed by atoms with van der Waals surface area (Å²) < 4.78 is 5.71. The summed E-state index contributed by atoms with van der Waals surface area (Å²) in [5.41, 5.74) is 0. The maximum absolute atomic E-state index is 12.6. The van der Waals surface area contributed by atoms with Crippen LogP contribution >= 0.6 is 0 Å². The van der Waals surface area contributed by atoms with E-state index in [4.69, 9.17) is 4.74 Å². The predicted octanol–water partition coefficient (Wildman–Crippen LogP) is 11.7. The Morgan fingerprint density at radius 3 is 1.87 bits per heavy atom. The van der Waals surface area contributed by atoms with Crippen molar-refractivity contribution in [2.75, 3.05) is 13.2 Å². The summed E-state index contributed by atoms with van der Waals surface area (Å²) in [5, 5.41) is 52.1. The van der Waals surface area contributed by atoms with Crippen molar-refractivity contribution in [1.29, 1.82) is 0 Å². The molecule has 11 heteroatoms. The minimum atomic E-state index is -1.35. The molecule has 6 atom stereocenters. The first-order chi connectivity index (χ1) is 28.8. The standard InChI is InChI=1S/C50H86NO9.U/c1-6-9-11-12-20-26-31-43(42(8-3)37-48(55)56)32-27-21-17-18-23-29-35-47(54)51-45(39-52)40-60-50(5,59)36-30-24-19-15-13-14-16-22-28-34-44(33-25-10-7-2)46(41(4)53)38-49(57)58;/h16,22,27-28,32,34,42-46,52-53,59H,3-4,6-7,9-15,17-21,23-26,29-31,33,35-40H2,1-2,5H3,(H,51,54)(H,55,56)(H,57,58);/q-1;/b22-16-,32-27+,34-28+;/t42?,43?,44?,45?,46?,50-;/m1./s1. The van der Waals surface area contributed by atoms with E-state index in [1.165, 1.54) is 32.1 Å². The molecule has 0 bridgehead atoms. The van der Waals surface area contributed by atoms with Crippen LogP contribution in [0.15, 0.2) is 55.4 Å². The smallest absolute Gasteiger partial charge is 0.304 e. The number of carboxylic acid groups (broad SMARTS) is 2. The van der Waals surface area contributed by atoms with E-state index in [9.17, 15) is 39.9 Å². The molecule has 0 heterocycles. The van der Waals surface area contributed by atoms with Gasteiger partial charge in [-0.3, -0.25) is 21.0 Å². The summed E-state index contributed by atoms with van der Waals surface area (Å²) in [7, 11) is 0. The van der Waals surface area contributed by atoms with Gasteiger partial charge in [-0.05, 0) is 70.1 Å². The molecule has 0 aliphatic heterocycles. The van der Waals surface area contributed by atoms with Gasteiger partial charge in [-0.1, -0.05) is 147 Å². The van der Waals surface area contributed by atoms with Gasteiger partial charge in [-0.2, -0.15) is 5.92 Å². The Balaban J connectivity index is 0. The van der Waals surface area contributed by atoms with E-state index in [1.54, 1.807) is 6.92 Å². The monoisotopic (exact) mass is 1080 g/mol. The zero-order chi connectivity index (χ0) is 44.9. The topological polar surface area (TPSA) is 174 Å². The van der Waals surface area contributed by atoms with Crippen LogP contribution in [0.4, 0.5) is 0 Å². The molecule has 0 aliphatic carbocycles. The molecule has 6 N–H and O–H groups in total. The third-order valence-electron chi connectivity index (χ3n) is 11.3. The van der Waals surface area contributed by atoms with Crippen LogP contribution in [0.1, 0.15) is 188 Å². The van der Waals surface area contributed by atoms with Crippen LogP contribution in [0.5, 0.6) is 0 Å². The molecule has 0 aromatic carbocycles. The van der Waals surface area contributed by atoms with Crippen molar-refractivity contribution in [3.05, 3.63) is 61.4 Å². The molecule has 0 rings (SSSR count). The van der Waals surface area contributed by atoms with Crippen LogP contribution in [0, 0.1) is 60.9 Å². The third-order valence-corrected chi connectivity index (χ3v) is 11.3. The van der Waals surface area contributed by atoms with E-state index in [1.807, 2.05) is 18.2 Å². The molecule has 350 valence electrons.